The Morgan fingerprint density at radius 1 is 1.28 bits per heavy atom. The van der Waals surface area contributed by atoms with Crippen molar-refractivity contribution < 1.29 is 0 Å². The molecule has 0 aromatic heterocycles. The predicted molar refractivity (Wildman–Crippen MR) is 76.7 cm³/mol. The van der Waals surface area contributed by atoms with Gasteiger partial charge < -0.3 is 5.32 Å². The number of nitrogens with zero attached hydrogens (tertiary/aromatic N) is 1. The van der Waals surface area contributed by atoms with E-state index in [1.807, 2.05) is 0 Å². The Morgan fingerprint density at radius 3 is 2.61 bits per heavy atom. The number of nitrogens with one attached hydrogen (secondary N) is 1. The van der Waals surface area contributed by atoms with E-state index in [4.69, 9.17) is 0 Å². The molecule has 2 unspecified atom stereocenters. The molecule has 3 rings (SSSR count). The maximum Gasteiger partial charge on any atom is 0.0334 e. The number of piperazine rings is 1. The summed E-state index contributed by atoms with van der Waals surface area (Å²) in [6.07, 6.45) is 10.1. The summed E-state index contributed by atoms with van der Waals surface area (Å²) in [5, 5.41) is 3.88. The molecule has 0 aromatic carbocycles. The maximum absolute atomic E-state index is 3.88. The molecule has 0 aromatic rings. The molecule has 3 aliphatic rings. The zero-order valence-corrected chi connectivity index (χ0v) is 12.3. The van der Waals surface area contributed by atoms with E-state index >= 15 is 0 Å². The first kappa shape index (κ1) is 12.9. The van der Waals surface area contributed by atoms with Crippen molar-refractivity contribution in [2.45, 2.75) is 70.4 Å². The first-order chi connectivity index (χ1) is 8.73. The van der Waals surface area contributed by atoms with E-state index in [1.165, 1.54) is 64.6 Å². The molecule has 2 heteroatoms. The third-order valence-corrected chi connectivity index (χ3v) is 5.82. The van der Waals surface area contributed by atoms with Gasteiger partial charge in [0.25, 0.3) is 0 Å². The Labute approximate surface area is 113 Å². The molecular formula is C16H30N2. The maximum atomic E-state index is 3.88. The Kier molecular flexibility index (Phi) is 3.68. The Bertz CT molecular complexity index is 279. The standard InChI is InChI=1S/C16H30N2/c1-3-13(2)15-11-18(10-14-6-7-14)16(12-17-15)8-4-5-9-16/h13-15,17H,3-12H2,1-2H3. The van der Waals surface area contributed by atoms with Crippen LogP contribution in [-0.4, -0.2) is 36.1 Å². The molecule has 1 aliphatic heterocycles. The van der Waals surface area contributed by atoms with E-state index in [0.717, 1.165) is 17.9 Å². The fourth-order valence-corrected chi connectivity index (χ4v) is 4.00. The fraction of sp³-hybridized carbons (Fsp3) is 1.00. The van der Waals surface area contributed by atoms with Gasteiger partial charge in [0.1, 0.15) is 0 Å². The lowest BCUT2D eigenvalue weighted by atomic mass is 9.87. The first-order valence-electron chi connectivity index (χ1n) is 8.22. The Hall–Kier alpha value is -0.0800. The summed E-state index contributed by atoms with van der Waals surface area (Å²) in [5.41, 5.74) is 0.548. The van der Waals surface area contributed by atoms with Crippen molar-refractivity contribution in [2.75, 3.05) is 19.6 Å². The van der Waals surface area contributed by atoms with Crippen LogP contribution in [0.1, 0.15) is 58.8 Å². The van der Waals surface area contributed by atoms with Crippen LogP contribution in [0.2, 0.25) is 0 Å². The van der Waals surface area contributed by atoms with Crippen molar-refractivity contribution in [2.24, 2.45) is 11.8 Å². The average molecular weight is 250 g/mol. The normalized spacial score (nSPS) is 34.0. The molecular weight excluding hydrogens is 220 g/mol. The number of hydrogen-bond donors (Lipinski definition) is 1. The molecule has 0 bridgehead atoms. The topological polar surface area (TPSA) is 15.3 Å². The fourth-order valence-electron chi connectivity index (χ4n) is 4.00. The number of rotatable bonds is 4. The van der Waals surface area contributed by atoms with Crippen LogP contribution in [0.5, 0.6) is 0 Å². The highest BCUT2D eigenvalue weighted by molar-refractivity contribution is 5.03. The molecule has 2 aliphatic carbocycles. The van der Waals surface area contributed by atoms with Crippen molar-refractivity contribution in [3.8, 4) is 0 Å². The van der Waals surface area contributed by atoms with Gasteiger partial charge in [-0.2, -0.15) is 0 Å². The Balaban J connectivity index is 1.68. The molecule has 0 radical (unpaired) electrons. The zero-order valence-electron chi connectivity index (χ0n) is 12.3. The van der Waals surface area contributed by atoms with Crippen LogP contribution in [0.3, 0.4) is 0 Å². The van der Waals surface area contributed by atoms with Gasteiger partial charge in [0.2, 0.25) is 0 Å². The van der Waals surface area contributed by atoms with Crippen molar-refractivity contribution in [3.05, 3.63) is 0 Å². The first-order valence-corrected chi connectivity index (χ1v) is 8.22. The third kappa shape index (κ3) is 2.46. The smallest absolute Gasteiger partial charge is 0.0334 e. The van der Waals surface area contributed by atoms with Gasteiger partial charge >= 0.3 is 0 Å². The number of hydrogen-bond acceptors (Lipinski definition) is 2. The van der Waals surface area contributed by atoms with Crippen LogP contribution in [-0.2, 0) is 0 Å². The lowest BCUT2D eigenvalue weighted by molar-refractivity contribution is 0.0270. The average Bonchev–Trinajstić information content (AvgIpc) is 3.09. The van der Waals surface area contributed by atoms with E-state index in [0.29, 0.717) is 5.54 Å². The molecule has 0 amide bonds. The summed E-state index contributed by atoms with van der Waals surface area (Å²) in [7, 11) is 0. The second-order valence-electron chi connectivity index (χ2n) is 7.15. The summed E-state index contributed by atoms with van der Waals surface area (Å²) in [6, 6.07) is 0.736. The quantitative estimate of drug-likeness (QED) is 0.825. The third-order valence-electron chi connectivity index (χ3n) is 5.82. The van der Waals surface area contributed by atoms with Gasteiger partial charge in [0, 0.05) is 31.2 Å². The van der Waals surface area contributed by atoms with Crippen LogP contribution in [0.4, 0.5) is 0 Å². The largest absolute Gasteiger partial charge is 0.311 e. The van der Waals surface area contributed by atoms with Crippen molar-refractivity contribution in [1.29, 1.82) is 0 Å². The van der Waals surface area contributed by atoms with Gasteiger partial charge in [-0.1, -0.05) is 33.1 Å². The highest BCUT2D eigenvalue weighted by Crippen LogP contribution is 2.40. The molecule has 3 fully saturated rings. The van der Waals surface area contributed by atoms with E-state index < -0.39 is 0 Å². The minimum Gasteiger partial charge on any atom is -0.311 e. The van der Waals surface area contributed by atoms with Crippen molar-refractivity contribution in [1.82, 2.24) is 10.2 Å². The lowest BCUT2D eigenvalue weighted by Gasteiger charge is -2.50. The van der Waals surface area contributed by atoms with Crippen LogP contribution in [0.15, 0.2) is 0 Å². The highest BCUT2D eigenvalue weighted by atomic mass is 15.3. The zero-order chi connectivity index (χ0) is 12.6. The van der Waals surface area contributed by atoms with Gasteiger partial charge in [-0.3, -0.25) is 4.90 Å². The van der Waals surface area contributed by atoms with E-state index in [9.17, 15) is 0 Å². The molecule has 2 atom stereocenters. The summed E-state index contributed by atoms with van der Waals surface area (Å²) in [6.45, 7) is 8.71. The second kappa shape index (κ2) is 5.13. The predicted octanol–water partition coefficient (Wildman–Crippen LogP) is 3.03. The summed E-state index contributed by atoms with van der Waals surface area (Å²) in [5.74, 6) is 1.86. The van der Waals surface area contributed by atoms with Crippen LogP contribution in [0, 0.1) is 11.8 Å². The minimum atomic E-state index is 0.548. The summed E-state index contributed by atoms with van der Waals surface area (Å²) < 4.78 is 0. The van der Waals surface area contributed by atoms with Gasteiger partial charge in [0.05, 0.1) is 0 Å². The van der Waals surface area contributed by atoms with Gasteiger partial charge in [-0.25, -0.2) is 0 Å². The molecule has 2 nitrogen and oxygen atoms in total. The molecule has 1 saturated heterocycles. The molecule has 1 N–H and O–H groups in total. The summed E-state index contributed by atoms with van der Waals surface area (Å²) >= 11 is 0. The van der Waals surface area contributed by atoms with Gasteiger partial charge in [-0.15, -0.1) is 0 Å². The monoisotopic (exact) mass is 250 g/mol. The molecule has 1 heterocycles. The molecule has 18 heavy (non-hydrogen) atoms. The lowest BCUT2D eigenvalue weighted by Crippen LogP contribution is -2.65. The Morgan fingerprint density at radius 2 is 2.00 bits per heavy atom. The van der Waals surface area contributed by atoms with Crippen molar-refractivity contribution >= 4 is 0 Å². The van der Waals surface area contributed by atoms with Crippen LogP contribution >= 0.6 is 0 Å². The molecule has 2 saturated carbocycles. The molecule has 104 valence electrons. The van der Waals surface area contributed by atoms with E-state index in [-0.39, 0.29) is 0 Å². The van der Waals surface area contributed by atoms with E-state index in [1.54, 1.807) is 0 Å². The minimum absolute atomic E-state index is 0.548. The van der Waals surface area contributed by atoms with Gasteiger partial charge in [-0.05, 0) is 37.5 Å². The van der Waals surface area contributed by atoms with Crippen molar-refractivity contribution in [3.63, 3.8) is 0 Å². The summed E-state index contributed by atoms with van der Waals surface area (Å²) in [4.78, 5) is 2.91. The van der Waals surface area contributed by atoms with Crippen LogP contribution < -0.4 is 5.32 Å². The SMILES string of the molecule is CCC(C)C1CN(CC2CC2)C2(CCCC2)CN1. The second-order valence-corrected chi connectivity index (χ2v) is 7.15. The highest BCUT2D eigenvalue weighted by Gasteiger charge is 2.45. The molecule has 1 spiro atoms. The van der Waals surface area contributed by atoms with Crippen LogP contribution in [0.25, 0.3) is 0 Å². The van der Waals surface area contributed by atoms with E-state index in [2.05, 4.69) is 24.1 Å². The van der Waals surface area contributed by atoms with Gasteiger partial charge in [0.15, 0.2) is 0 Å².